The summed E-state index contributed by atoms with van der Waals surface area (Å²) in [5.74, 6) is 2.22. The van der Waals surface area contributed by atoms with Crippen LogP contribution < -0.4 is 16.0 Å². The lowest BCUT2D eigenvalue weighted by Gasteiger charge is -2.29. The summed E-state index contributed by atoms with van der Waals surface area (Å²) in [7, 11) is 1.65. The molecule has 1 aliphatic heterocycles. The number of hydrogen-bond acceptors (Lipinski definition) is 5. The lowest BCUT2D eigenvalue weighted by molar-refractivity contribution is -0.117. The number of nitrogens with one attached hydrogen (secondary N) is 3. The van der Waals surface area contributed by atoms with Gasteiger partial charge in [0.1, 0.15) is 5.82 Å². The van der Waals surface area contributed by atoms with E-state index in [1.165, 1.54) is 24.6 Å². The number of hydrogen-bond donors (Lipinski definition) is 3. The average molecular weight is 388 g/mol. The Hall–Kier alpha value is -2.42. The number of pyridine rings is 1. The Bertz CT molecular complexity index is 799. The predicted octanol–water partition coefficient (Wildman–Crippen LogP) is 2.75. The van der Waals surface area contributed by atoms with Crippen LogP contribution in [0.15, 0.2) is 32.1 Å². The van der Waals surface area contributed by atoms with Gasteiger partial charge in [-0.2, -0.15) is 0 Å². The zero-order valence-electron chi connectivity index (χ0n) is 15.9. The van der Waals surface area contributed by atoms with Crippen molar-refractivity contribution in [1.82, 2.24) is 10.3 Å². The fourth-order valence-electron chi connectivity index (χ4n) is 2.54. The second-order valence-electron chi connectivity index (χ2n) is 7.05. The highest BCUT2D eigenvalue weighted by Crippen LogP contribution is 2.42. The van der Waals surface area contributed by atoms with Gasteiger partial charge in [0.15, 0.2) is 0 Å². The summed E-state index contributed by atoms with van der Waals surface area (Å²) in [6.07, 6.45) is 5.43. The van der Waals surface area contributed by atoms with Crippen LogP contribution in [0, 0.1) is 5.92 Å². The topological polar surface area (TPSA) is 103 Å². The first-order valence-corrected chi connectivity index (χ1v) is 9.75. The molecule has 3 rings (SSSR count). The Morgan fingerprint density at radius 3 is 2.93 bits per heavy atom. The third-order valence-electron chi connectivity index (χ3n) is 4.37. The van der Waals surface area contributed by atoms with Gasteiger partial charge < -0.3 is 10.6 Å². The highest BCUT2D eigenvalue weighted by molar-refractivity contribution is 8.01. The molecule has 1 saturated carbocycles. The molecule has 1 aromatic heterocycles. The highest BCUT2D eigenvalue weighted by Gasteiger charge is 2.34. The number of thioether (sulfide) groups is 1. The maximum atomic E-state index is 12.2. The van der Waals surface area contributed by atoms with Gasteiger partial charge in [0.2, 0.25) is 17.8 Å². The van der Waals surface area contributed by atoms with E-state index in [0.717, 1.165) is 29.5 Å². The number of carbonyl (C=O) groups is 1. The van der Waals surface area contributed by atoms with Crippen molar-refractivity contribution in [2.75, 3.05) is 24.2 Å². The zero-order chi connectivity index (χ0) is 19.4. The lowest BCUT2D eigenvalue weighted by atomic mass is 10.2. The van der Waals surface area contributed by atoms with Crippen LogP contribution in [0.3, 0.4) is 0 Å². The molecule has 0 bridgehead atoms. The van der Waals surface area contributed by atoms with Crippen molar-refractivity contribution in [3.05, 3.63) is 12.3 Å². The SMILES string of the molecule is C=NC(=NCCC1CC1)NC(=NC)Nc1cc2c(cn1)SC(C)(C)C(=O)N2. The largest absolute Gasteiger partial charge is 0.324 e. The van der Waals surface area contributed by atoms with E-state index >= 15 is 0 Å². The molecule has 1 fully saturated rings. The van der Waals surface area contributed by atoms with E-state index in [4.69, 9.17) is 0 Å². The molecule has 0 aromatic carbocycles. The Balaban J connectivity index is 1.65. The summed E-state index contributed by atoms with van der Waals surface area (Å²) in [6, 6.07) is 1.79. The summed E-state index contributed by atoms with van der Waals surface area (Å²) >= 11 is 1.50. The molecule has 0 atom stereocenters. The normalized spacial score (nSPS) is 19.1. The van der Waals surface area contributed by atoms with Gasteiger partial charge in [-0.05, 0) is 32.9 Å². The van der Waals surface area contributed by atoms with Gasteiger partial charge in [0, 0.05) is 25.9 Å². The average Bonchev–Trinajstić information content (AvgIpc) is 3.45. The molecule has 0 saturated heterocycles. The van der Waals surface area contributed by atoms with E-state index < -0.39 is 4.75 Å². The Kier molecular flexibility index (Phi) is 5.79. The fraction of sp³-hybridized carbons (Fsp3) is 0.500. The van der Waals surface area contributed by atoms with E-state index in [1.807, 2.05) is 13.8 Å². The first-order valence-electron chi connectivity index (χ1n) is 8.94. The summed E-state index contributed by atoms with van der Waals surface area (Å²) in [5, 5.41) is 9.04. The van der Waals surface area contributed by atoms with E-state index in [2.05, 4.69) is 42.6 Å². The van der Waals surface area contributed by atoms with E-state index in [0.29, 0.717) is 17.7 Å². The van der Waals surface area contributed by atoms with Crippen molar-refractivity contribution in [2.45, 2.75) is 42.8 Å². The Morgan fingerprint density at radius 1 is 1.48 bits per heavy atom. The molecule has 3 N–H and O–H groups in total. The minimum atomic E-state index is -0.511. The maximum absolute atomic E-state index is 12.2. The van der Waals surface area contributed by atoms with Gasteiger partial charge in [0.05, 0.1) is 15.3 Å². The van der Waals surface area contributed by atoms with E-state index in [9.17, 15) is 4.79 Å². The Labute approximate surface area is 163 Å². The first-order chi connectivity index (χ1) is 12.9. The van der Waals surface area contributed by atoms with Crippen LogP contribution in [-0.2, 0) is 4.79 Å². The highest BCUT2D eigenvalue weighted by atomic mass is 32.2. The second kappa shape index (κ2) is 8.08. The number of amides is 1. The molecule has 2 aliphatic rings. The minimum Gasteiger partial charge on any atom is -0.324 e. The van der Waals surface area contributed by atoms with Crippen LogP contribution in [0.25, 0.3) is 0 Å². The van der Waals surface area contributed by atoms with Crippen LogP contribution in [0.4, 0.5) is 11.5 Å². The molecule has 2 heterocycles. The molecule has 0 unspecified atom stereocenters. The number of carbonyl (C=O) groups excluding carboxylic acids is 1. The van der Waals surface area contributed by atoms with Gasteiger partial charge >= 0.3 is 0 Å². The van der Waals surface area contributed by atoms with E-state index in [-0.39, 0.29) is 5.91 Å². The molecule has 9 heteroatoms. The van der Waals surface area contributed by atoms with Gasteiger partial charge in [-0.15, -0.1) is 11.8 Å². The van der Waals surface area contributed by atoms with Gasteiger partial charge in [-0.1, -0.05) is 12.8 Å². The number of guanidine groups is 2. The van der Waals surface area contributed by atoms with E-state index in [1.54, 1.807) is 19.3 Å². The third-order valence-corrected chi connectivity index (χ3v) is 5.61. The van der Waals surface area contributed by atoms with Crippen LogP contribution in [0.1, 0.15) is 33.1 Å². The monoisotopic (exact) mass is 387 g/mol. The van der Waals surface area contributed by atoms with Gasteiger partial charge in [-0.25, -0.2) is 9.98 Å². The van der Waals surface area contributed by atoms with Crippen LogP contribution in [0.5, 0.6) is 0 Å². The second-order valence-corrected chi connectivity index (χ2v) is 8.71. The first kappa shape index (κ1) is 19.3. The minimum absolute atomic E-state index is 0.0272. The Morgan fingerprint density at radius 2 is 2.26 bits per heavy atom. The fourth-order valence-corrected chi connectivity index (χ4v) is 3.56. The molecular weight excluding hydrogens is 362 g/mol. The molecule has 144 valence electrons. The quantitative estimate of drug-likeness (QED) is 0.544. The third kappa shape index (κ3) is 5.06. The number of fused-ring (bicyclic) bond motifs is 1. The number of aromatic nitrogens is 1. The summed E-state index contributed by atoms with van der Waals surface area (Å²) in [4.78, 5) is 30.0. The molecule has 0 radical (unpaired) electrons. The maximum Gasteiger partial charge on any atom is 0.240 e. The van der Waals surface area contributed by atoms with Crippen molar-refractivity contribution >= 4 is 47.8 Å². The predicted molar refractivity (Wildman–Crippen MR) is 112 cm³/mol. The van der Waals surface area contributed by atoms with Crippen LogP contribution in [-0.4, -0.2) is 47.9 Å². The molecule has 1 amide bonds. The summed E-state index contributed by atoms with van der Waals surface area (Å²) in [6.45, 7) is 8.06. The lowest BCUT2D eigenvalue weighted by Crippen LogP contribution is -2.37. The summed E-state index contributed by atoms with van der Waals surface area (Å²) < 4.78 is -0.511. The molecule has 27 heavy (non-hydrogen) atoms. The molecule has 0 spiro atoms. The smallest absolute Gasteiger partial charge is 0.240 e. The van der Waals surface area contributed by atoms with Gasteiger partial charge in [0.25, 0.3) is 0 Å². The number of nitrogens with zero attached hydrogens (tertiary/aromatic N) is 4. The van der Waals surface area contributed by atoms with Crippen molar-refractivity contribution in [3.8, 4) is 0 Å². The zero-order valence-corrected chi connectivity index (χ0v) is 16.7. The number of aliphatic imine (C=N–C) groups is 3. The van der Waals surface area contributed by atoms with Crippen molar-refractivity contribution in [2.24, 2.45) is 20.9 Å². The van der Waals surface area contributed by atoms with Crippen molar-refractivity contribution in [1.29, 1.82) is 0 Å². The van der Waals surface area contributed by atoms with Crippen molar-refractivity contribution < 1.29 is 4.79 Å². The molecular formula is C18H25N7OS. The molecule has 1 aromatic rings. The summed E-state index contributed by atoms with van der Waals surface area (Å²) in [5.41, 5.74) is 0.734. The van der Waals surface area contributed by atoms with Gasteiger partial charge in [-0.3, -0.25) is 20.1 Å². The molecule has 8 nitrogen and oxygen atoms in total. The number of anilines is 2. The number of rotatable bonds is 4. The van der Waals surface area contributed by atoms with Crippen molar-refractivity contribution in [3.63, 3.8) is 0 Å². The van der Waals surface area contributed by atoms with Crippen LogP contribution >= 0.6 is 11.8 Å². The standard InChI is InChI=1S/C18H25N7OS/c1-18(2)15(26)23-12-9-14(22-10-13(12)27-18)24-17(20-4)25-16(19-3)21-8-7-11-5-6-11/h9-11H,3,5-8H2,1-2,4H3,(H,23,26)(H2,20,21,22,24,25). The molecule has 1 aliphatic carbocycles. The van der Waals surface area contributed by atoms with Crippen LogP contribution in [0.2, 0.25) is 0 Å².